The molecule has 0 unspecified atom stereocenters. The van der Waals surface area contributed by atoms with Crippen LogP contribution in [0.2, 0.25) is 0 Å². The molecule has 1 aromatic carbocycles. The molecule has 0 aliphatic heterocycles. The number of allylic oxidation sites excluding steroid dienone is 1. The highest BCUT2D eigenvalue weighted by atomic mass is 19.1. The van der Waals surface area contributed by atoms with E-state index in [4.69, 9.17) is 0 Å². The topological polar surface area (TPSA) is 17.1 Å². The standard InChI is InChI=1S/C11H8F2O/c1-6(14)7-2-8-3-9(12)5-11(13)10(8)4-7/h3-5H,2H2,1H3. The molecule has 1 aromatic rings. The van der Waals surface area contributed by atoms with E-state index in [9.17, 15) is 13.6 Å². The van der Waals surface area contributed by atoms with Gasteiger partial charge in [0.25, 0.3) is 0 Å². The number of carbonyl (C=O) groups is 1. The monoisotopic (exact) mass is 194 g/mol. The number of hydrogen-bond acceptors (Lipinski definition) is 1. The predicted octanol–water partition coefficient (Wildman–Crippen LogP) is 2.49. The molecular weight excluding hydrogens is 186 g/mol. The van der Waals surface area contributed by atoms with Crippen LogP contribution in [0.3, 0.4) is 0 Å². The Hall–Kier alpha value is -1.51. The average Bonchev–Trinajstić information content (AvgIpc) is 2.47. The van der Waals surface area contributed by atoms with E-state index in [0.29, 0.717) is 23.1 Å². The average molecular weight is 194 g/mol. The third-order valence-electron chi connectivity index (χ3n) is 2.33. The van der Waals surface area contributed by atoms with Crippen LogP contribution >= 0.6 is 0 Å². The van der Waals surface area contributed by atoms with Gasteiger partial charge in [0.15, 0.2) is 5.78 Å². The summed E-state index contributed by atoms with van der Waals surface area (Å²) in [7, 11) is 0. The fraction of sp³-hybridized carbons (Fsp3) is 0.182. The summed E-state index contributed by atoms with van der Waals surface area (Å²) in [5.41, 5.74) is 1.42. The number of rotatable bonds is 1. The van der Waals surface area contributed by atoms with Crippen molar-refractivity contribution < 1.29 is 13.6 Å². The molecular formula is C11H8F2O. The van der Waals surface area contributed by atoms with Crippen LogP contribution in [0.5, 0.6) is 0 Å². The number of fused-ring (bicyclic) bond motifs is 1. The molecule has 0 amide bonds. The zero-order valence-corrected chi connectivity index (χ0v) is 7.60. The van der Waals surface area contributed by atoms with Crippen LogP contribution in [0, 0.1) is 11.6 Å². The summed E-state index contributed by atoms with van der Waals surface area (Å²) in [6.45, 7) is 1.42. The first-order chi connectivity index (χ1) is 6.58. The van der Waals surface area contributed by atoms with Crippen LogP contribution in [0.4, 0.5) is 8.78 Å². The summed E-state index contributed by atoms with van der Waals surface area (Å²) in [4.78, 5) is 11.0. The molecule has 72 valence electrons. The van der Waals surface area contributed by atoms with Gasteiger partial charge in [-0.3, -0.25) is 4.79 Å². The molecule has 0 spiro atoms. The molecule has 14 heavy (non-hydrogen) atoms. The normalized spacial score (nSPS) is 13.8. The van der Waals surface area contributed by atoms with Crippen molar-refractivity contribution in [2.24, 2.45) is 0 Å². The van der Waals surface area contributed by atoms with Crippen molar-refractivity contribution in [3.8, 4) is 0 Å². The second kappa shape index (κ2) is 3.01. The number of hydrogen-bond donors (Lipinski definition) is 0. The molecule has 1 nitrogen and oxygen atoms in total. The Balaban J connectivity index is 2.51. The summed E-state index contributed by atoms with van der Waals surface area (Å²) < 4.78 is 26.0. The van der Waals surface area contributed by atoms with E-state index in [2.05, 4.69) is 0 Å². The summed E-state index contributed by atoms with van der Waals surface area (Å²) in [6.07, 6.45) is 1.83. The summed E-state index contributed by atoms with van der Waals surface area (Å²) >= 11 is 0. The van der Waals surface area contributed by atoms with Crippen molar-refractivity contribution in [3.63, 3.8) is 0 Å². The first-order valence-electron chi connectivity index (χ1n) is 4.27. The van der Waals surface area contributed by atoms with Gasteiger partial charge in [0, 0.05) is 18.1 Å². The third kappa shape index (κ3) is 1.35. The molecule has 3 heteroatoms. The lowest BCUT2D eigenvalue weighted by Gasteiger charge is -1.99. The number of Topliss-reactive ketones (excluding diaryl/α,β-unsaturated/α-hetero) is 1. The van der Waals surface area contributed by atoms with Crippen molar-refractivity contribution in [2.75, 3.05) is 0 Å². The Bertz CT molecular complexity index is 447. The minimum Gasteiger partial charge on any atom is -0.295 e. The van der Waals surface area contributed by atoms with Crippen LogP contribution < -0.4 is 0 Å². The number of benzene rings is 1. The zero-order chi connectivity index (χ0) is 10.3. The summed E-state index contributed by atoms with van der Waals surface area (Å²) in [5.74, 6) is -1.29. The smallest absolute Gasteiger partial charge is 0.156 e. The van der Waals surface area contributed by atoms with Gasteiger partial charge in [0.05, 0.1) is 0 Å². The molecule has 0 saturated carbocycles. The maximum absolute atomic E-state index is 13.2. The Morgan fingerprint density at radius 3 is 2.71 bits per heavy atom. The van der Waals surface area contributed by atoms with Gasteiger partial charge in [0.1, 0.15) is 11.6 Å². The van der Waals surface area contributed by atoms with Gasteiger partial charge in [0.2, 0.25) is 0 Å². The van der Waals surface area contributed by atoms with Gasteiger partial charge in [-0.05, 0) is 30.2 Å². The predicted molar refractivity (Wildman–Crippen MR) is 48.7 cm³/mol. The van der Waals surface area contributed by atoms with Crippen LogP contribution in [0.15, 0.2) is 17.7 Å². The molecule has 0 radical (unpaired) electrons. The van der Waals surface area contributed by atoms with E-state index in [0.717, 1.165) is 6.07 Å². The third-order valence-corrected chi connectivity index (χ3v) is 2.33. The number of halogens is 2. The van der Waals surface area contributed by atoms with E-state index >= 15 is 0 Å². The molecule has 2 rings (SSSR count). The molecule has 0 aromatic heterocycles. The van der Waals surface area contributed by atoms with Crippen molar-refractivity contribution in [1.29, 1.82) is 0 Å². The van der Waals surface area contributed by atoms with Crippen LogP contribution in [0.25, 0.3) is 6.08 Å². The van der Waals surface area contributed by atoms with Crippen LogP contribution in [-0.4, -0.2) is 5.78 Å². The molecule has 0 bridgehead atoms. The summed E-state index contributed by atoms with van der Waals surface area (Å²) in [5, 5.41) is 0. The molecule has 0 atom stereocenters. The van der Waals surface area contributed by atoms with Crippen LogP contribution in [-0.2, 0) is 11.2 Å². The van der Waals surface area contributed by atoms with Crippen molar-refractivity contribution in [1.82, 2.24) is 0 Å². The first kappa shape index (κ1) is 9.06. The van der Waals surface area contributed by atoms with Crippen molar-refractivity contribution in [2.45, 2.75) is 13.3 Å². The number of ketones is 1. The second-order valence-corrected chi connectivity index (χ2v) is 3.36. The van der Waals surface area contributed by atoms with Crippen molar-refractivity contribution >= 4 is 11.9 Å². The van der Waals surface area contributed by atoms with Crippen LogP contribution in [0.1, 0.15) is 18.1 Å². The quantitative estimate of drug-likeness (QED) is 0.671. The number of carbonyl (C=O) groups excluding carboxylic acids is 1. The highest BCUT2D eigenvalue weighted by molar-refractivity contribution is 6.00. The SMILES string of the molecule is CC(=O)C1=Cc2c(F)cc(F)cc2C1. The highest BCUT2D eigenvalue weighted by Crippen LogP contribution is 2.28. The molecule has 0 fully saturated rings. The van der Waals surface area contributed by atoms with E-state index in [1.807, 2.05) is 0 Å². The van der Waals surface area contributed by atoms with Gasteiger partial charge in [-0.2, -0.15) is 0 Å². The lowest BCUT2D eigenvalue weighted by atomic mass is 10.1. The lowest BCUT2D eigenvalue weighted by molar-refractivity contribution is -0.113. The van der Waals surface area contributed by atoms with Gasteiger partial charge >= 0.3 is 0 Å². The Labute approximate surface area is 80.1 Å². The molecule has 0 heterocycles. The zero-order valence-electron chi connectivity index (χ0n) is 7.60. The molecule has 1 aliphatic rings. The van der Waals surface area contributed by atoms with E-state index < -0.39 is 11.6 Å². The lowest BCUT2D eigenvalue weighted by Crippen LogP contribution is -1.95. The Morgan fingerprint density at radius 1 is 1.36 bits per heavy atom. The Morgan fingerprint density at radius 2 is 2.07 bits per heavy atom. The fourth-order valence-corrected chi connectivity index (χ4v) is 1.60. The summed E-state index contributed by atoms with van der Waals surface area (Å²) in [6, 6.07) is 2.10. The minimum absolute atomic E-state index is 0.0963. The van der Waals surface area contributed by atoms with Gasteiger partial charge in [-0.15, -0.1) is 0 Å². The van der Waals surface area contributed by atoms with Gasteiger partial charge < -0.3 is 0 Å². The maximum atomic E-state index is 13.2. The van der Waals surface area contributed by atoms with E-state index in [1.165, 1.54) is 19.1 Å². The van der Waals surface area contributed by atoms with Gasteiger partial charge in [-0.25, -0.2) is 8.78 Å². The Kier molecular flexibility index (Phi) is 1.95. The maximum Gasteiger partial charge on any atom is 0.156 e. The minimum atomic E-state index is -0.601. The molecule has 1 aliphatic carbocycles. The molecule has 0 N–H and O–H groups in total. The first-order valence-corrected chi connectivity index (χ1v) is 4.27. The highest BCUT2D eigenvalue weighted by Gasteiger charge is 2.19. The largest absolute Gasteiger partial charge is 0.295 e. The van der Waals surface area contributed by atoms with Gasteiger partial charge in [-0.1, -0.05) is 0 Å². The fourth-order valence-electron chi connectivity index (χ4n) is 1.60. The second-order valence-electron chi connectivity index (χ2n) is 3.36. The van der Waals surface area contributed by atoms with Crippen molar-refractivity contribution in [3.05, 3.63) is 40.5 Å². The van der Waals surface area contributed by atoms with E-state index in [-0.39, 0.29) is 5.78 Å². The van der Waals surface area contributed by atoms with E-state index in [1.54, 1.807) is 0 Å². The molecule has 0 saturated heterocycles.